The second-order valence-corrected chi connectivity index (χ2v) is 8.52. The Balaban J connectivity index is 1.96. The van der Waals surface area contributed by atoms with Crippen LogP contribution in [0.2, 0.25) is 0 Å². The Hall–Kier alpha value is -0.0800. The maximum Gasteiger partial charge on any atom is 0.0244 e. The maximum atomic E-state index is 3.82. The van der Waals surface area contributed by atoms with Crippen LogP contribution < -0.4 is 5.32 Å². The van der Waals surface area contributed by atoms with Crippen molar-refractivity contribution in [3.63, 3.8) is 0 Å². The van der Waals surface area contributed by atoms with Gasteiger partial charge in [-0.3, -0.25) is 4.90 Å². The fourth-order valence-electron chi connectivity index (χ4n) is 4.46. The normalized spacial score (nSPS) is 35.6. The second-order valence-electron chi connectivity index (χ2n) is 8.52. The van der Waals surface area contributed by atoms with E-state index in [2.05, 4.69) is 44.8 Å². The zero-order valence-corrected chi connectivity index (χ0v) is 15.1. The Kier molecular flexibility index (Phi) is 6.55. The van der Waals surface area contributed by atoms with Gasteiger partial charge < -0.3 is 5.32 Å². The van der Waals surface area contributed by atoms with Crippen molar-refractivity contribution in [2.45, 2.75) is 78.8 Å². The van der Waals surface area contributed by atoms with E-state index in [1.165, 1.54) is 51.7 Å². The lowest BCUT2D eigenvalue weighted by molar-refractivity contribution is 0.0571. The average Bonchev–Trinajstić information content (AvgIpc) is 2.40. The van der Waals surface area contributed by atoms with E-state index in [4.69, 9.17) is 0 Å². The van der Waals surface area contributed by atoms with E-state index < -0.39 is 0 Å². The van der Waals surface area contributed by atoms with Crippen molar-refractivity contribution in [2.75, 3.05) is 19.6 Å². The molecule has 0 aromatic heterocycles. The van der Waals surface area contributed by atoms with Crippen molar-refractivity contribution in [3.8, 4) is 0 Å². The predicted molar refractivity (Wildman–Crippen MR) is 92.6 cm³/mol. The van der Waals surface area contributed by atoms with Crippen molar-refractivity contribution in [3.05, 3.63) is 0 Å². The number of piperazine rings is 1. The molecule has 0 bridgehead atoms. The molecule has 0 amide bonds. The average molecular weight is 295 g/mol. The molecule has 2 fully saturated rings. The lowest BCUT2D eigenvalue weighted by Crippen LogP contribution is -2.59. The fraction of sp³-hybridized carbons (Fsp3) is 1.00. The largest absolute Gasteiger partial charge is 0.311 e. The maximum absolute atomic E-state index is 3.82. The minimum absolute atomic E-state index is 0.707. The van der Waals surface area contributed by atoms with Crippen LogP contribution in [0, 0.1) is 23.7 Å². The minimum Gasteiger partial charge on any atom is -0.311 e. The third-order valence-corrected chi connectivity index (χ3v) is 5.82. The molecule has 1 aliphatic heterocycles. The van der Waals surface area contributed by atoms with Crippen molar-refractivity contribution >= 4 is 0 Å². The summed E-state index contributed by atoms with van der Waals surface area (Å²) in [6, 6.07) is 1.45. The van der Waals surface area contributed by atoms with Crippen molar-refractivity contribution in [2.24, 2.45) is 23.7 Å². The van der Waals surface area contributed by atoms with Crippen molar-refractivity contribution < 1.29 is 0 Å². The Morgan fingerprint density at radius 1 is 1.10 bits per heavy atom. The summed E-state index contributed by atoms with van der Waals surface area (Å²) >= 11 is 0. The molecule has 4 unspecified atom stereocenters. The third kappa shape index (κ3) is 4.96. The van der Waals surface area contributed by atoms with Crippen molar-refractivity contribution in [1.82, 2.24) is 10.2 Å². The SMILES string of the molecule is CC(C)CC1CN(CC2CCCCC2C)C(C(C)C)CN1. The summed E-state index contributed by atoms with van der Waals surface area (Å²) < 4.78 is 0. The van der Waals surface area contributed by atoms with E-state index in [0.29, 0.717) is 6.04 Å². The molecule has 124 valence electrons. The summed E-state index contributed by atoms with van der Waals surface area (Å²) in [6.45, 7) is 15.8. The molecular weight excluding hydrogens is 256 g/mol. The number of hydrogen-bond acceptors (Lipinski definition) is 2. The molecule has 1 saturated heterocycles. The van der Waals surface area contributed by atoms with Gasteiger partial charge in [0.05, 0.1) is 0 Å². The molecule has 2 heteroatoms. The van der Waals surface area contributed by atoms with E-state index >= 15 is 0 Å². The fourth-order valence-corrected chi connectivity index (χ4v) is 4.46. The van der Waals surface area contributed by atoms with Gasteiger partial charge >= 0.3 is 0 Å². The quantitative estimate of drug-likeness (QED) is 0.819. The van der Waals surface area contributed by atoms with Gasteiger partial charge in [0.15, 0.2) is 0 Å². The lowest BCUT2D eigenvalue weighted by atomic mass is 9.79. The molecule has 1 saturated carbocycles. The molecule has 2 nitrogen and oxygen atoms in total. The molecule has 21 heavy (non-hydrogen) atoms. The monoisotopic (exact) mass is 294 g/mol. The van der Waals surface area contributed by atoms with Gasteiger partial charge in [-0.25, -0.2) is 0 Å². The topological polar surface area (TPSA) is 15.3 Å². The number of rotatable bonds is 5. The van der Waals surface area contributed by atoms with Gasteiger partial charge in [-0.15, -0.1) is 0 Å². The molecular formula is C19H38N2. The van der Waals surface area contributed by atoms with Crippen LogP contribution in [0.1, 0.15) is 66.7 Å². The summed E-state index contributed by atoms with van der Waals surface area (Å²) in [6.07, 6.45) is 7.16. The van der Waals surface area contributed by atoms with Gasteiger partial charge in [0.25, 0.3) is 0 Å². The van der Waals surface area contributed by atoms with Gasteiger partial charge in [0, 0.05) is 31.7 Å². The van der Waals surface area contributed by atoms with E-state index in [9.17, 15) is 0 Å². The Bertz CT molecular complexity index is 300. The first-order valence-corrected chi connectivity index (χ1v) is 9.44. The van der Waals surface area contributed by atoms with Gasteiger partial charge in [-0.2, -0.15) is 0 Å². The van der Waals surface area contributed by atoms with E-state index in [1.807, 2.05) is 0 Å². The predicted octanol–water partition coefficient (Wildman–Crippen LogP) is 4.16. The molecule has 0 aromatic rings. The van der Waals surface area contributed by atoms with Gasteiger partial charge in [0.2, 0.25) is 0 Å². The van der Waals surface area contributed by atoms with Gasteiger partial charge in [-0.05, 0) is 36.5 Å². The van der Waals surface area contributed by atoms with Crippen LogP contribution in [-0.4, -0.2) is 36.6 Å². The molecule has 2 rings (SSSR count). The Labute approximate surface area is 133 Å². The van der Waals surface area contributed by atoms with Crippen LogP contribution in [0.25, 0.3) is 0 Å². The number of hydrogen-bond donors (Lipinski definition) is 1. The third-order valence-electron chi connectivity index (χ3n) is 5.82. The van der Waals surface area contributed by atoms with E-state index in [1.54, 1.807) is 0 Å². The summed E-state index contributed by atoms with van der Waals surface area (Å²) in [5.74, 6) is 3.44. The number of nitrogens with zero attached hydrogens (tertiary/aromatic N) is 1. The zero-order valence-electron chi connectivity index (χ0n) is 15.1. The minimum atomic E-state index is 0.707. The highest BCUT2D eigenvalue weighted by Gasteiger charge is 2.33. The highest BCUT2D eigenvalue weighted by atomic mass is 15.2. The molecule has 1 aliphatic carbocycles. The van der Waals surface area contributed by atoms with Crippen molar-refractivity contribution in [1.29, 1.82) is 0 Å². The summed E-state index contributed by atoms with van der Waals surface area (Å²) in [4.78, 5) is 2.85. The first-order chi connectivity index (χ1) is 9.97. The van der Waals surface area contributed by atoms with Crippen LogP contribution in [-0.2, 0) is 0 Å². The van der Waals surface area contributed by atoms with Gasteiger partial charge in [0.1, 0.15) is 0 Å². The van der Waals surface area contributed by atoms with Crippen LogP contribution in [0.5, 0.6) is 0 Å². The van der Waals surface area contributed by atoms with E-state index in [0.717, 1.165) is 29.7 Å². The smallest absolute Gasteiger partial charge is 0.0244 e. The first-order valence-electron chi connectivity index (χ1n) is 9.44. The standard InChI is InChI=1S/C19H38N2/c1-14(2)10-18-13-21(19(11-20-18)15(3)4)12-17-9-7-6-8-16(17)5/h14-20H,6-13H2,1-5H3. The van der Waals surface area contributed by atoms with Crippen LogP contribution in [0.3, 0.4) is 0 Å². The van der Waals surface area contributed by atoms with Crippen LogP contribution >= 0.6 is 0 Å². The molecule has 0 radical (unpaired) electrons. The summed E-state index contributed by atoms with van der Waals surface area (Å²) in [7, 11) is 0. The lowest BCUT2D eigenvalue weighted by Gasteiger charge is -2.45. The second kappa shape index (κ2) is 7.97. The molecule has 2 aliphatic rings. The summed E-state index contributed by atoms with van der Waals surface area (Å²) in [5.41, 5.74) is 0. The highest BCUT2D eigenvalue weighted by Crippen LogP contribution is 2.31. The van der Waals surface area contributed by atoms with Crippen LogP contribution in [0.4, 0.5) is 0 Å². The zero-order chi connectivity index (χ0) is 15.4. The molecule has 0 spiro atoms. The molecule has 1 heterocycles. The molecule has 1 N–H and O–H groups in total. The van der Waals surface area contributed by atoms with Gasteiger partial charge in [-0.1, -0.05) is 53.9 Å². The van der Waals surface area contributed by atoms with Crippen LogP contribution in [0.15, 0.2) is 0 Å². The van der Waals surface area contributed by atoms with E-state index in [-0.39, 0.29) is 0 Å². The molecule has 4 atom stereocenters. The summed E-state index contributed by atoms with van der Waals surface area (Å²) in [5, 5.41) is 3.82. The Morgan fingerprint density at radius 2 is 1.81 bits per heavy atom. The number of nitrogens with one attached hydrogen (secondary N) is 1. The Morgan fingerprint density at radius 3 is 2.43 bits per heavy atom. The first kappa shape index (κ1) is 17.3. The highest BCUT2D eigenvalue weighted by molar-refractivity contribution is 4.90. The molecule has 0 aromatic carbocycles.